The van der Waals surface area contributed by atoms with Gasteiger partial charge in [0.05, 0.1) is 28.1 Å². The van der Waals surface area contributed by atoms with Crippen molar-refractivity contribution >= 4 is 17.9 Å². The summed E-state index contributed by atoms with van der Waals surface area (Å²) in [6.45, 7) is 1.58. The molecule has 0 spiro atoms. The second-order valence-corrected chi connectivity index (χ2v) is 5.92. The van der Waals surface area contributed by atoms with Crippen LogP contribution in [0.15, 0.2) is 58.3 Å². The van der Waals surface area contributed by atoms with Gasteiger partial charge in [-0.15, -0.1) is 0 Å². The molecule has 0 aliphatic heterocycles. The molecule has 3 aromatic rings. The van der Waals surface area contributed by atoms with E-state index in [1.54, 1.807) is 6.92 Å². The Hall–Kier alpha value is -3.62. The van der Waals surface area contributed by atoms with Crippen molar-refractivity contribution in [2.24, 2.45) is 4.99 Å². The monoisotopic (exact) mass is 389 g/mol. The summed E-state index contributed by atoms with van der Waals surface area (Å²) >= 11 is 0. The van der Waals surface area contributed by atoms with Gasteiger partial charge in [-0.3, -0.25) is 14.9 Å². The first-order chi connectivity index (χ1) is 13.2. The maximum absolute atomic E-state index is 13.1. The van der Waals surface area contributed by atoms with Crippen LogP contribution in [0.5, 0.6) is 0 Å². The molecule has 0 saturated carbocycles. The maximum Gasteiger partial charge on any atom is 0.418 e. The molecule has 28 heavy (non-hydrogen) atoms. The van der Waals surface area contributed by atoms with Crippen molar-refractivity contribution in [3.63, 3.8) is 0 Å². The number of alkyl halides is 3. The minimum Gasteiger partial charge on any atom is -0.478 e. The van der Waals surface area contributed by atoms with Crippen molar-refractivity contribution in [2.75, 3.05) is 0 Å². The molecule has 2 N–H and O–H groups in total. The summed E-state index contributed by atoms with van der Waals surface area (Å²) in [6, 6.07) is 10.4. The first-order valence-corrected chi connectivity index (χ1v) is 8.04. The lowest BCUT2D eigenvalue weighted by atomic mass is 10.1. The number of rotatable bonds is 4. The van der Waals surface area contributed by atoms with Gasteiger partial charge in [0.1, 0.15) is 0 Å². The van der Waals surface area contributed by atoms with Gasteiger partial charge in [-0.1, -0.05) is 12.1 Å². The van der Waals surface area contributed by atoms with Crippen molar-refractivity contribution in [1.29, 1.82) is 0 Å². The number of hydrogen-bond donors (Lipinski definition) is 2. The summed E-state index contributed by atoms with van der Waals surface area (Å²) < 4.78 is 40.3. The van der Waals surface area contributed by atoms with Crippen LogP contribution in [0.4, 0.5) is 18.9 Å². The molecule has 0 aliphatic rings. The molecular weight excluding hydrogens is 375 g/mol. The van der Waals surface area contributed by atoms with Crippen molar-refractivity contribution in [1.82, 2.24) is 9.78 Å². The third-order valence-electron chi connectivity index (χ3n) is 4.03. The van der Waals surface area contributed by atoms with E-state index in [9.17, 15) is 22.8 Å². The highest BCUT2D eigenvalue weighted by molar-refractivity contribution is 5.87. The van der Waals surface area contributed by atoms with Crippen LogP contribution in [-0.2, 0) is 6.18 Å². The number of carbonyl (C=O) groups is 1. The number of aliphatic imine (C=N–C) groups is 1. The van der Waals surface area contributed by atoms with Crippen molar-refractivity contribution < 1.29 is 23.1 Å². The molecule has 0 fully saturated rings. The zero-order valence-corrected chi connectivity index (χ0v) is 14.5. The number of aryl methyl sites for hydroxylation is 1. The standard InChI is InChI=1S/C19H14F3N3O3/c1-11-14(10-23-16-5-3-2-4-15(16)19(20,21)22)17(26)25(24-11)13-8-6-12(7-9-13)18(27)28/h2-10,24H,1H3,(H,27,28). The number of nitrogens with one attached hydrogen (secondary N) is 1. The largest absolute Gasteiger partial charge is 0.478 e. The van der Waals surface area contributed by atoms with Gasteiger partial charge in [0.25, 0.3) is 5.56 Å². The number of halogens is 3. The summed E-state index contributed by atoms with van der Waals surface area (Å²) in [5, 5.41) is 11.7. The van der Waals surface area contributed by atoms with Gasteiger partial charge in [-0.25, -0.2) is 9.48 Å². The Kier molecular flexibility index (Phi) is 4.91. The van der Waals surface area contributed by atoms with E-state index in [-0.39, 0.29) is 16.8 Å². The Bertz CT molecular complexity index is 1110. The molecule has 6 nitrogen and oxygen atoms in total. The number of aromatic nitrogens is 2. The van der Waals surface area contributed by atoms with Crippen molar-refractivity contribution in [3.8, 4) is 5.69 Å². The Morgan fingerprint density at radius 2 is 1.79 bits per heavy atom. The molecule has 1 aromatic heterocycles. The number of carboxylic acids is 1. The highest BCUT2D eigenvalue weighted by Crippen LogP contribution is 2.35. The highest BCUT2D eigenvalue weighted by atomic mass is 19.4. The molecule has 9 heteroatoms. The Morgan fingerprint density at radius 3 is 2.39 bits per heavy atom. The summed E-state index contributed by atoms with van der Waals surface area (Å²) in [7, 11) is 0. The molecule has 0 aliphatic carbocycles. The number of hydrogen-bond acceptors (Lipinski definition) is 3. The number of H-pyrrole nitrogens is 1. The minimum atomic E-state index is -4.56. The number of para-hydroxylation sites is 1. The van der Waals surface area contributed by atoms with E-state index in [2.05, 4.69) is 10.1 Å². The second-order valence-electron chi connectivity index (χ2n) is 5.92. The molecule has 1 heterocycles. The number of carboxylic acid groups (broad SMARTS) is 1. The van der Waals surface area contributed by atoms with Crippen LogP contribution < -0.4 is 5.56 Å². The molecule has 0 atom stereocenters. The van der Waals surface area contributed by atoms with Gasteiger partial charge < -0.3 is 5.11 Å². The maximum atomic E-state index is 13.1. The van der Waals surface area contributed by atoms with Crippen molar-refractivity contribution in [2.45, 2.75) is 13.1 Å². The predicted molar refractivity (Wildman–Crippen MR) is 96.8 cm³/mol. The third-order valence-corrected chi connectivity index (χ3v) is 4.03. The van der Waals surface area contributed by atoms with Gasteiger partial charge in [-0.05, 0) is 43.3 Å². The average molecular weight is 389 g/mol. The lowest BCUT2D eigenvalue weighted by Crippen LogP contribution is -2.17. The van der Waals surface area contributed by atoms with Crippen molar-refractivity contribution in [3.05, 3.63) is 81.3 Å². The van der Waals surface area contributed by atoms with E-state index >= 15 is 0 Å². The van der Waals surface area contributed by atoms with Crippen LogP contribution in [-0.4, -0.2) is 27.1 Å². The van der Waals surface area contributed by atoms with Crippen LogP contribution in [0, 0.1) is 6.92 Å². The molecule has 3 rings (SSSR count). The quantitative estimate of drug-likeness (QED) is 0.663. The lowest BCUT2D eigenvalue weighted by Gasteiger charge is -2.08. The molecular formula is C19H14F3N3O3. The lowest BCUT2D eigenvalue weighted by molar-refractivity contribution is -0.137. The van der Waals surface area contributed by atoms with Gasteiger partial charge >= 0.3 is 12.1 Å². The number of aromatic carboxylic acids is 1. The van der Waals surface area contributed by atoms with Gasteiger partial charge in [0.2, 0.25) is 0 Å². The normalized spacial score (nSPS) is 11.9. The molecule has 0 unspecified atom stereocenters. The molecule has 2 aromatic carbocycles. The van der Waals surface area contributed by atoms with Gasteiger partial charge in [-0.2, -0.15) is 13.2 Å². The zero-order valence-electron chi connectivity index (χ0n) is 14.5. The minimum absolute atomic E-state index is 0.0608. The van der Waals surface area contributed by atoms with Crippen LogP contribution in [0.25, 0.3) is 5.69 Å². The van der Waals surface area contributed by atoms with E-state index in [4.69, 9.17) is 5.11 Å². The molecule has 0 saturated heterocycles. The summed E-state index contributed by atoms with van der Waals surface area (Å²) in [5.41, 5.74) is -0.774. The molecule has 0 bridgehead atoms. The Labute approximate surface area is 156 Å². The number of benzene rings is 2. The summed E-state index contributed by atoms with van der Waals surface area (Å²) in [5.74, 6) is -1.10. The first kappa shape index (κ1) is 19.2. The molecule has 144 valence electrons. The fourth-order valence-electron chi connectivity index (χ4n) is 2.61. The SMILES string of the molecule is Cc1[nH]n(-c2ccc(C(=O)O)cc2)c(=O)c1C=Nc1ccccc1C(F)(F)F. The van der Waals surface area contributed by atoms with E-state index in [1.165, 1.54) is 42.5 Å². The summed E-state index contributed by atoms with van der Waals surface area (Å²) in [6.07, 6.45) is -3.48. The average Bonchev–Trinajstić information content (AvgIpc) is 2.93. The van der Waals surface area contributed by atoms with Gasteiger partial charge in [0.15, 0.2) is 0 Å². The molecule has 0 amide bonds. The fraction of sp³-hybridized carbons (Fsp3) is 0.105. The van der Waals surface area contributed by atoms with E-state index < -0.39 is 23.3 Å². The van der Waals surface area contributed by atoms with Crippen LogP contribution in [0.1, 0.15) is 27.2 Å². The molecule has 0 radical (unpaired) electrons. The Balaban J connectivity index is 1.99. The van der Waals surface area contributed by atoms with Crippen LogP contribution in [0.3, 0.4) is 0 Å². The zero-order chi connectivity index (χ0) is 20.5. The number of nitrogens with zero attached hydrogens (tertiary/aromatic N) is 2. The van der Waals surface area contributed by atoms with Crippen LogP contribution in [0.2, 0.25) is 0 Å². The van der Waals surface area contributed by atoms with E-state index in [1.807, 2.05) is 0 Å². The third kappa shape index (κ3) is 3.73. The predicted octanol–water partition coefficient (Wildman–Crippen LogP) is 3.94. The summed E-state index contributed by atoms with van der Waals surface area (Å²) in [4.78, 5) is 27.4. The van der Waals surface area contributed by atoms with E-state index in [0.717, 1.165) is 17.0 Å². The fourth-order valence-corrected chi connectivity index (χ4v) is 2.61. The second kappa shape index (κ2) is 7.18. The van der Waals surface area contributed by atoms with Crippen LogP contribution >= 0.6 is 0 Å². The highest BCUT2D eigenvalue weighted by Gasteiger charge is 2.33. The number of aromatic amines is 1. The smallest absolute Gasteiger partial charge is 0.418 e. The Morgan fingerprint density at radius 1 is 1.14 bits per heavy atom. The van der Waals surface area contributed by atoms with Gasteiger partial charge in [0, 0.05) is 11.9 Å². The first-order valence-electron chi connectivity index (χ1n) is 8.04. The van der Waals surface area contributed by atoms with E-state index in [0.29, 0.717) is 11.4 Å². The topological polar surface area (TPSA) is 87.5 Å².